The summed E-state index contributed by atoms with van der Waals surface area (Å²) in [4.78, 5) is 14.8. The van der Waals surface area contributed by atoms with Crippen LogP contribution >= 0.6 is 0 Å². The summed E-state index contributed by atoms with van der Waals surface area (Å²) in [6.07, 6.45) is 5.66. The second kappa shape index (κ2) is 8.52. The first kappa shape index (κ1) is 18.8. The van der Waals surface area contributed by atoms with Gasteiger partial charge < -0.3 is 10.1 Å². The second-order valence-electron chi connectivity index (χ2n) is 7.39. The zero-order valence-corrected chi connectivity index (χ0v) is 15.6. The van der Waals surface area contributed by atoms with Crippen LogP contribution in [0.1, 0.15) is 64.5 Å². The summed E-state index contributed by atoms with van der Waals surface area (Å²) in [5.41, 5.74) is 1.14. The molecule has 1 aromatic carbocycles. The molecule has 0 saturated carbocycles. The van der Waals surface area contributed by atoms with Crippen LogP contribution in [-0.4, -0.2) is 36.5 Å². The molecule has 0 aromatic heterocycles. The molecule has 0 aliphatic carbocycles. The molecule has 4 nitrogen and oxygen atoms in total. The number of rotatable bonds is 6. The minimum Gasteiger partial charge on any atom is -0.497 e. The van der Waals surface area contributed by atoms with Crippen LogP contribution in [0.25, 0.3) is 0 Å². The third-order valence-corrected chi connectivity index (χ3v) is 5.07. The van der Waals surface area contributed by atoms with Gasteiger partial charge in [-0.1, -0.05) is 31.9 Å². The lowest BCUT2D eigenvalue weighted by Gasteiger charge is -2.32. The summed E-state index contributed by atoms with van der Waals surface area (Å²) in [6.45, 7) is 7.71. The van der Waals surface area contributed by atoms with Crippen molar-refractivity contribution < 1.29 is 9.53 Å². The van der Waals surface area contributed by atoms with E-state index in [4.69, 9.17) is 4.74 Å². The molecule has 1 fully saturated rings. The number of methoxy groups -OCH3 is 1. The largest absolute Gasteiger partial charge is 0.497 e. The number of hydrogen-bond acceptors (Lipinski definition) is 3. The van der Waals surface area contributed by atoms with Crippen LogP contribution in [0.2, 0.25) is 0 Å². The van der Waals surface area contributed by atoms with E-state index in [-0.39, 0.29) is 11.4 Å². The van der Waals surface area contributed by atoms with Gasteiger partial charge in [0, 0.05) is 11.6 Å². The van der Waals surface area contributed by atoms with Crippen molar-refractivity contribution in [1.82, 2.24) is 10.2 Å². The molecule has 1 heterocycles. The van der Waals surface area contributed by atoms with E-state index < -0.39 is 0 Å². The quantitative estimate of drug-likeness (QED) is 0.858. The van der Waals surface area contributed by atoms with Crippen molar-refractivity contribution in [3.63, 3.8) is 0 Å². The highest BCUT2D eigenvalue weighted by atomic mass is 16.5. The summed E-state index contributed by atoms with van der Waals surface area (Å²) in [5.74, 6) is 1.00. The highest BCUT2D eigenvalue weighted by molar-refractivity contribution is 5.78. The Labute approximate surface area is 146 Å². The molecule has 1 saturated heterocycles. The Morgan fingerprint density at radius 2 is 1.96 bits per heavy atom. The van der Waals surface area contributed by atoms with Crippen molar-refractivity contribution in [3.05, 3.63) is 29.8 Å². The standard InChI is InChI=1S/C20H32N2O2/c1-5-20(2,3)21-19(23)15-22-14-8-6-7-9-18(22)16-10-12-17(24-4)13-11-16/h10-13,18H,5-9,14-15H2,1-4H3,(H,21,23). The van der Waals surface area contributed by atoms with Crippen molar-refractivity contribution in [2.75, 3.05) is 20.2 Å². The minimum atomic E-state index is -0.140. The molecule has 1 amide bonds. The third-order valence-electron chi connectivity index (χ3n) is 5.07. The molecule has 24 heavy (non-hydrogen) atoms. The SMILES string of the molecule is CCC(C)(C)NC(=O)CN1CCCCCC1c1ccc(OC)cc1. The average Bonchev–Trinajstić information content (AvgIpc) is 2.80. The fourth-order valence-electron chi connectivity index (χ4n) is 3.25. The molecule has 134 valence electrons. The first-order valence-electron chi connectivity index (χ1n) is 9.14. The number of likely N-dealkylation sites (tertiary alicyclic amines) is 1. The Morgan fingerprint density at radius 3 is 2.58 bits per heavy atom. The second-order valence-corrected chi connectivity index (χ2v) is 7.39. The lowest BCUT2D eigenvalue weighted by atomic mass is 10.00. The van der Waals surface area contributed by atoms with Gasteiger partial charge in [-0.2, -0.15) is 0 Å². The summed E-state index contributed by atoms with van der Waals surface area (Å²) >= 11 is 0. The van der Waals surface area contributed by atoms with Crippen molar-refractivity contribution >= 4 is 5.91 Å². The molecular formula is C20H32N2O2. The number of ether oxygens (including phenoxy) is 1. The summed E-state index contributed by atoms with van der Waals surface area (Å²) in [5, 5.41) is 3.16. The highest BCUT2D eigenvalue weighted by Gasteiger charge is 2.26. The number of amides is 1. The lowest BCUT2D eigenvalue weighted by Crippen LogP contribution is -2.48. The molecular weight excluding hydrogens is 300 g/mol. The van der Waals surface area contributed by atoms with E-state index in [0.29, 0.717) is 12.6 Å². The fourth-order valence-corrected chi connectivity index (χ4v) is 3.25. The molecule has 1 aliphatic rings. The lowest BCUT2D eigenvalue weighted by molar-refractivity contribution is -0.124. The average molecular weight is 332 g/mol. The van der Waals surface area contributed by atoms with Gasteiger partial charge in [0.15, 0.2) is 0 Å². The maximum atomic E-state index is 12.5. The summed E-state index contributed by atoms with van der Waals surface area (Å²) in [6, 6.07) is 8.61. The number of hydrogen-bond donors (Lipinski definition) is 1. The van der Waals surface area contributed by atoms with Gasteiger partial charge in [0.1, 0.15) is 5.75 Å². The highest BCUT2D eigenvalue weighted by Crippen LogP contribution is 2.30. The van der Waals surface area contributed by atoms with Crippen LogP contribution in [0, 0.1) is 0 Å². The molecule has 4 heteroatoms. The first-order valence-corrected chi connectivity index (χ1v) is 9.14. The fraction of sp³-hybridized carbons (Fsp3) is 0.650. The van der Waals surface area contributed by atoms with E-state index in [0.717, 1.165) is 31.6 Å². The Kier molecular flexibility index (Phi) is 6.67. The summed E-state index contributed by atoms with van der Waals surface area (Å²) < 4.78 is 5.26. The molecule has 1 unspecified atom stereocenters. The zero-order chi connectivity index (χ0) is 17.6. The van der Waals surface area contributed by atoms with Crippen LogP contribution in [0.3, 0.4) is 0 Å². The number of nitrogens with one attached hydrogen (secondary N) is 1. The Bertz CT molecular complexity index is 525. The van der Waals surface area contributed by atoms with E-state index in [2.05, 4.69) is 43.1 Å². The topological polar surface area (TPSA) is 41.6 Å². The Morgan fingerprint density at radius 1 is 1.25 bits per heavy atom. The monoisotopic (exact) mass is 332 g/mol. The van der Waals surface area contributed by atoms with Gasteiger partial charge in [-0.3, -0.25) is 9.69 Å². The van der Waals surface area contributed by atoms with E-state index in [1.54, 1.807) is 7.11 Å². The van der Waals surface area contributed by atoms with Crippen LogP contribution in [-0.2, 0) is 4.79 Å². The number of nitrogens with zero attached hydrogens (tertiary/aromatic N) is 1. The van der Waals surface area contributed by atoms with Crippen molar-refractivity contribution in [2.24, 2.45) is 0 Å². The van der Waals surface area contributed by atoms with Crippen LogP contribution < -0.4 is 10.1 Å². The summed E-state index contributed by atoms with van der Waals surface area (Å²) in [7, 11) is 1.69. The van der Waals surface area contributed by atoms with E-state index >= 15 is 0 Å². The number of carbonyl (C=O) groups excluding carboxylic acids is 1. The van der Waals surface area contributed by atoms with Gasteiger partial charge in [-0.05, 0) is 57.4 Å². The van der Waals surface area contributed by atoms with Gasteiger partial charge in [0.05, 0.1) is 13.7 Å². The van der Waals surface area contributed by atoms with Crippen molar-refractivity contribution in [3.8, 4) is 5.75 Å². The number of benzene rings is 1. The van der Waals surface area contributed by atoms with E-state index in [1.165, 1.54) is 18.4 Å². The van der Waals surface area contributed by atoms with Crippen LogP contribution in [0.4, 0.5) is 0 Å². The minimum absolute atomic E-state index is 0.127. The molecule has 2 rings (SSSR count). The van der Waals surface area contributed by atoms with Crippen LogP contribution in [0.5, 0.6) is 5.75 Å². The van der Waals surface area contributed by atoms with Gasteiger partial charge >= 0.3 is 0 Å². The van der Waals surface area contributed by atoms with Crippen molar-refractivity contribution in [2.45, 2.75) is 64.5 Å². The molecule has 0 bridgehead atoms. The maximum absolute atomic E-state index is 12.5. The third kappa shape index (κ3) is 5.23. The van der Waals surface area contributed by atoms with E-state index in [9.17, 15) is 4.79 Å². The van der Waals surface area contributed by atoms with E-state index in [1.807, 2.05) is 12.1 Å². The predicted molar refractivity (Wildman–Crippen MR) is 98.3 cm³/mol. The molecule has 1 aliphatic heterocycles. The normalized spacial score (nSPS) is 19.6. The molecule has 1 aromatic rings. The molecule has 1 N–H and O–H groups in total. The smallest absolute Gasteiger partial charge is 0.234 e. The van der Waals surface area contributed by atoms with Gasteiger partial charge in [-0.25, -0.2) is 0 Å². The molecule has 1 atom stereocenters. The van der Waals surface area contributed by atoms with Gasteiger partial charge in [0.25, 0.3) is 0 Å². The Hall–Kier alpha value is -1.55. The Balaban J connectivity index is 2.09. The molecule has 0 radical (unpaired) electrons. The van der Waals surface area contributed by atoms with Gasteiger partial charge in [-0.15, -0.1) is 0 Å². The van der Waals surface area contributed by atoms with Crippen LogP contribution in [0.15, 0.2) is 24.3 Å². The van der Waals surface area contributed by atoms with Gasteiger partial charge in [0.2, 0.25) is 5.91 Å². The molecule has 0 spiro atoms. The number of carbonyl (C=O) groups is 1. The van der Waals surface area contributed by atoms with Crippen molar-refractivity contribution in [1.29, 1.82) is 0 Å². The zero-order valence-electron chi connectivity index (χ0n) is 15.6. The first-order chi connectivity index (χ1) is 11.4. The maximum Gasteiger partial charge on any atom is 0.234 e. The predicted octanol–water partition coefficient (Wildman–Crippen LogP) is 3.92.